The summed E-state index contributed by atoms with van der Waals surface area (Å²) in [5, 5.41) is 10.9. The Morgan fingerprint density at radius 3 is 2.39 bits per heavy atom. The van der Waals surface area contributed by atoms with Gasteiger partial charge in [-0.1, -0.05) is 37.6 Å². The summed E-state index contributed by atoms with van der Waals surface area (Å²) in [7, 11) is 0. The van der Waals surface area contributed by atoms with E-state index in [1.54, 1.807) is 12.1 Å². The number of nitro groups is 1. The number of para-hydroxylation sites is 3. The van der Waals surface area contributed by atoms with Gasteiger partial charge in [-0.05, 0) is 48.4 Å². The normalized spacial score (nSPS) is 13.0. The second-order valence-corrected chi connectivity index (χ2v) is 7.80. The maximum Gasteiger partial charge on any atom is 0.269 e. The van der Waals surface area contributed by atoms with Crippen LogP contribution in [0.4, 0.5) is 5.69 Å². The van der Waals surface area contributed by atoms with Crippen LogP contribution in [0.5, 0.6) is 17.2 Å². The highest BCUT2D eigenvalue weighted by Gasteiger charge is 2.22. The van der Waals surface area contributed by atoms with Crippen LogP contribution >= 0.6 is 0 Å². The van der Waals surface area contributed by atoms with E-state index in [0.717, 1.165) is 55.2 Å². The highest BCUT2D eigenvalue weighted by Crippen LogP contribution is 2.34. The molecule has 0 radical (unpaired) electrons. The molecule has 33 heavy (non-hydrogen) atoms. The van der Waals surface area contributed by atoms with E-state index in [9.17, 15) is 10.1 Å². The molecule has 3 aromatic carbocycles. The molecule has 0 N–H and O–H groups in total. The summed E-state index contributed by atoms with van der Waals surface area (Å²) in [5.41, 5.74) is 1.86. The molecule has 0 amide bonds. The molecule has 1 aliphatic rings. The SMILES string of the molecule is CCCCN1CCN=C1c1ccccc1Oc1ccccc1OCc1ccc([N+](=O)[O-])cc1. The minimum Gasteiger partial charge on any atom is -0.485 e. The minimum absolute atomic E-state index is 0.0573. The lowest BCUT2D eigenvalue weighted by Gasteiger charge is -2.22. The number of non-ortho nitro benzene ring substituents is 1. The largest absolute Gasteiger partial charge is 0.485 e. The van der Waals surface area contributed by atoms with Gasteiger partial charge in [-0.15, -0.1) is 0 Å². The number of benzene rings is 3. The monoisotopic (exact) mass is 445 g/mol. The maximum absolute atomic E-state index is 10.9. The summed E-state index contributed by atoms with van der Waals surface area (Å²) in [6, 6.07) is 21.8. The van der Waals surface area contributed by atoms with Crippen LogP contribution in [0, 0.1) is 10.1 Å². The third-order valence-corrected chi connectivity index (χ3v) is 5.45. The van der Waals surface area contributed by atoms with Crippen molar-refractivity contribution in [2.45, 2.75) is 26.4 Å². The molecule has 7 heteroatoms. The van der Waals surface area contributed by atoms with E-state index in [4.69, 9.17) is 14.5 Å². The fourth-order valence-corrected chi connectivity index (χ4v) is 3.69. The van der Waals surface area contributed by atoms with Crippen LogP contribution in [-0.4, -0.2) is 35.3 Å². The van der Waals surface area contributed by atoms with E-state index in [-0.39, 0.29) is 12.3 Å². The van der Waals surface area contributed by atoms with E-state index in [2.05, 4.69) is 11.8 Å². The Morgan fingerprint density at radius 2 is 1.67 bits per heavy atom. The van der Waals surface area contributed by atoms with Crippen molar-refractivity contribution in [3.63, 3.8) is 0 Å². The Hall–Kier alpha value is -3.87. The van der Waals surface area contributed by atoms with Crippen LogP contribution in [0.25, 0.3) is 0 Å². The first-order valence-corrected chi connectivity index (χ1v) is 11.2. The smallest absolute Gasteiger partial charge is 0.269 e. The number of rotatable bonds is 10. The van der Waals surface area contributed by atoms with Crippen LogP contribution in [0.15, 0.2) is 77.8 Å². The van der Waals surface area contributed by atoms with Gasteiger partial charge in [0.25, 0.3) is 5.69 Å². The number of aliphatic imine (C=N–C) groups is 1. The lowest BCUT2D eigenvalue weighted by Crippen LogP contribution is -2.29. The number of unbranched alkanes of at least 4 members (excludes halogenated alkanes) is 1. The van der Waals surface area contributed by atoms with Gasteiger partial charge in [-0.2, -0.15) is 0 Å². The van der Waals surface area contributed by atoms with Crippen molar-refractivity contribution in [2.75, 3.05) is 19.6 Å². The van der Waals surface area contributed by atoms with E-state index in [1.807, 2.05) is 48.5 Å². The van der Waals surface area contributed by atoms with Gasteiger partial charge < -0.3 is 14.4 Å². The number of ether oxygens (including phenoxy) is 2. The van der Waals surface area contributed by atoms with Crippen molar-refractivity contribution in [3.05, 3.63) is 94.0 Å². The van der Waals surface area contributed by atoms with Crippen LogP contribution in [0.1, 0.15) is 30.9 Å². The minimum atomic E-state index is -0.413. The molecule has 3 aromatic rings. The van der Waals surface area contributed by atoms with Crippen LogP contribution in [0.3, 0.4) is 0 Å². The van der Waals surface area contributed by atoms with Crippen molar-refractivity contribution in [2.24, 2.45) is 4.99 Å². The zero-order valence-corrected chi connectivity index (χ0v) is 18.6. The Labute approximate surface area is 193 Å². The molecule has 0 spiro atoms. The molecule has 0 atom stereocenters. The molecule has 0 unspecified atom stereocenters. The standard InChI is InChI=1S/C26H27N3O4/c1-2-3-17-28-18-16-27-26(28)22-8-4-5-9-23(22)33-25-11-7-6-10-24(25)32-19-20-12-14-21(15-13-20)29(30)31/h4-15H,2-3,16-19H2,1H3. The van der Waals surface area contributed by atoms with Crippen LogP contribution in [0.2, 0.25) is 0 Å². The molecule has 170 valence electrons. The number of hydrogen-bond donors (Lipinski definition) is 0. The predicted molar refractivity (Wildman–Crippen MR) is 128 cm³/mol. The molecule has 1 aliphatic heterocycles. The summed E-state index contributed by atoms with van der Waals surface area (Å²) >= 11 is 0. The van der Waals surface area contributed by atoms with Crippen molar-refractivity contribution >= 4 is 11.5 Å². The summed E-state index contributed by atoms with van der Waals surface area (Å²) in [6.07, 6.45) is 2.27. The Morgan fingerprint density at radius 1 is 0.970 bits per heavy atom. The third kappa shape index (κ3) is 5.49. The summed E-state index contributed by atoms with van der Waals surface area (Å²) in [5.74, 6) is 2.90. The highest BCUT2D eigenvalue weighted by atomic mass is 16.6. The molecule has 7 nitrogen and oxygen atoms in total. The molecule has 0 saturated heterocycles. The van der Waals surface area contributed by atoms with E-state index in [0.29, 0.717) is 11.5 Å². The second kappa shape index (κ2) is 10.6. The fourth-order valence-electron chi connectivity index (χ4n) is 3.69. The van der Waals surface area contributed by atoms with E-state index >= 15 is 0 Å². The maximum atomic E-state index is 10.9. The Kier molecular flexibility index (Phi) is 7.19. The van der Waals surface area contributed by atoms with E-state index < -0.39 is 4.92 Å². The lowest BCUT2D eigenvalue weighted by molar-refractivity contribution is -0.384. The van der Waals surface area contributed by atoms with Crippen molar-refractivity contribution < 1.29 is 14.4 Å². The number of nitrogens with zero attached hydrogens (tertiary/aromatic N) is 3. The molecule has 0 aromatic heterocycles. The van der Waals surface area contributed by atoms with Crippen molar-refractivity contribution in [1.82, 2.24) is 4.90 Å². The molecule has 0 aliphatic carbocycles. The first-order chi connectivity index (χ1) is 16.2. The van der Waals surface area contributed by atoms with E-state index in [1.165, 1.54) is 12.1 Å². The average Bonchev–Trinajstić information content (AvgIpc) is 3.31. The van der Waals surface area contributed by atoms with Gasteiger partial charge in [0.15, 0.2) is 11.5 Å². The van der Waals surface area contributed by atoms with Gasteiger partial charge in [0.1, 0.15) is 18.2 Å². The van der Waals surface area contributed by atoms with Gasteiger partial charge in [0.2, 0.25) is 0 Å². The first-order valence-electron chi connectivity index (χ1n) is 11.2. The average molecular weight is 446 g/mol. The highest BCUT2D eigenvalue weighted by molar-refractivity contribution is 6.02. The number of nitro benzene ring substituents is 1. The van der Waals surface area contributed by atoms with Gasteiger partial charge in [-0.25, -0.2) is 0 Å². The zero-order chi connectivity index (χ0) is 23.0. The molecule has 0 saturated carbocycles. The van der Waals surface area contributed by atoms with Crippen LogP contribution in [-0.2, 0) is 6.61 Å². The van der Waals surface area contributed by atoms with Crippen molar-refractivity contribution in [1.29, 1.82) is 0 Å². The summed E-state index contributed by atoms with van der Waals surface area (Å²) in [4.78, 5) is 17.5. The topological polar surface area (TPSA) is 77.2 Å². The molecular weight excluding hydrogens is 418 g/mol. The molecule has 1 heterocycles. The molecule has 0 fully saturated rings. The lowest BCUT2D eigenvalue weighted by atomic mass is 10.1. The molecule has 4 rings (SSSR count). The van der Waals surface area contributed by atoms with Crippen LogP contribution < -0.4 is 9.47 Å². The van der Waals surface area contributed by atoms with Gasteiger partial charge in [0.05, 0.1) is 17.0 Å². The Balaban J connectivity index is 1.51. The predicted octanol–water partition coefficient (Wildman–Crippen LogP) is 5.83. The summed E-state index contributed by atoms with van der Waals surface area (Å²) < 4.78 is 12.3. The van der Waals surface area contributed by atoms with Gasteiger partial charge in [0, 0.05) is 25.2 Å². The second-order valence-electron chi connectivity index (χ2n) is 7.80. The summed E-state index contributed by atoms with van der Waals surface area (Å²) in [6.45, 7) is 5.18. The molecule has 0 bridgehead atoms. The molecular formula is C26H27N3O4. The zero-order valence-electron chi connectivity index (χ0n) is 18.6. The third-order valence-electron chi connectivity index (χ3n) is 5.45. The van der Waals surface area contributed by atoms with Gasteiger partial charge >= 0.3 is 0 Å². The first kappa shape index (κ1) is 22.3. The quantitative estimate of drug-likeness (QED) is 0.290. The Bertz CT molecular complexity index is 1130. The van der Waals surface area contributed by atoms with Gasteiger partial charge in [-0.3, -0.25) is 15.1 Å². The number of hydrogen-bond acceptors (Lipinski definition) is 6. The fraction of sp³-hybridized carbons (Fsp3) is 0.269. The van der Waals surface area contributed by atoms with Crippen molar-refractivity contribution in [3.8, 4) is 17.2 Å². The number of amidine groups is 1.